The maximum absolute atomic E-state index is 6.54. The average molecular weight is 426 g/mol. The van der Waals surface area contributed by atoms with Crippen LogP contribution in [0.2, 0.25) is 10.0 Å². The number of para-hydroxylation sites is 1. The number of anilines is 2. The van der Waals surface area contributed by atoms with E-state index in [2.05, 4.69) is 33.7 Å². The third-order valence-electron chi connectivity index (χ3n) is 4.54. The lowest BCUT2D eigenvalue weighted by Crippen LogP contribution is -2.07. The quantitative estimate of drug-likeness (QED) is 0.395. The van der Waals surface area contributed by atoms with Crippen LogP contribution in [-0.2, 0) is 6.54 Å². The highest BCUT2D eigenvalue weighted by Crippen LogP contribution is 2.33. The Morgan fingerprint density at radius 2 is 1.86 bits per heavy atom. The normalized spacial score (nSPS) is 11.4. The predicted octanol–water partition coefficient (Wildman–Crippen LogP) is 6.51. The minimum Gasteiger partial charge on any atom is -0.338 e. The number of hydrogen-bond acceptors (Lipinski definition) is 4. The van der Waals surface area contributed by atoms with Crippen LogP contribution >= 0.6 is 23.2 Å². The molecule has 0 bridgehead atoms. The molecule has 29 heavy (non-hydrogen) atoms. The SMILES string of the molecule is Cc1ccc(Nc2ncc(-c3nc4cccc(Cl)c4n3CC(C)C)cc2Cl)cn1. The number of nitrogens with one attached hydrogen (secondary N) is 1. The van der Waals surface area contributed by atoms with Gasteiger partial charge in [-0.15, -0.1) is 0 Å². The number of halogens is 2. The van der Waals surface area contributed by atoms with Gasteiger partial charge in [-0.2, -0.15) is 0 Å². The lowest BCUT2D eigenvalue weighted by Gasteiger charge is -2.13. The topological polar surface area (TPSA) is 55.6 Å². The maximum atomic E-state index is 6.54. The van der Waals surface area contributed by atoms with Gasteiger partial charge < -0.3 is 9.88 Å². The average Bonchev–Trinajstić information content (AvgIpc) is 3.04. The van der Waals surface area contributed by atoms with Crippen molar-refractivity contribution in [2.75, 3.05) is 5.32 Å². The standard InChI is InChI=1S/C22H21Cl2N5/c1-13(2)12-29-20-17(23)5-4-6-19(20)28-22(29)15-9-18(24)21(26-10-15)27-16-8-7-14(3)25-11-16/h4-11,13H,12H2,1-3H3,(H,26,27). The number of imidazole rings is 1. The molecule has 3 aromatic heterocycles. The van der Waals surface area contributed by atoms with E-state index in [1.165, 1.54) is 0 Å². The fourth-order valence-electron chi connectivity index (χ4n) is 3.24. The van der Waals surface area contributed by atoms with E-state index in [4.69, 9.17) is 28.2 Å². The molecule has 5 nitrogen and oxygen atoms in total. The van der Waals surface area contributed by atoms with Gasteiger partial charge in [0.1, 0.15) is 11.6 Å². The third-order valence-corrected chi connectivity index (χ3v) is 5.13. The molecule has 0 aliphatic heterocycles. The zero-order valence-electron chi connectivity index (χ0n) is 16.4. The van der Waals surface area contributed by atoms with Crippen molar-refractivity contribution in [3.63, 3.8) is 0 Å². The second kappa shape index (κ2) is 8.01. The molecular formula is C22H21Cl2N5. The Morgan fingerprint density at radius 1 is 1.03 bits per heavy atom. The molecule has 0 aliphatic rings. The van der Waals surface area contributed by atoms with E-state index in [0.29, 0.717) is 21.8 Å². The molecule has 0 radical (unpaired) electrons. The maximum Gasteiger partial charge on any atom is 0.149 e. The number of benzene rings is 1. The first-order valence-electron chi connectivity index (χ1n) is 9.42. The number of aromatic nitrogens is 4. The van der Waals surface area contributed by atoms with Gasteiger partial charge in [0.25, 0.3) is 0 Å². The molecule has 1 aromatic carbocycles. The van der Waals surface area contributed by atoms with Crippen molar-refractivity contribution in [3.8, 4) is 11.4 Å². The van der Waals surface area contributed by atoms with E-state index < -0.39 is 0 Å². The minimum atomic E-state index is 0.431. The van der Waals surface area contributed by atoms with Gasteiger partial charge in [0.05, 0.1) is 33.0 Å². The number of hydrogen-bond donors (Lipinski definition) is 1. The van der Waals surface area contributed by atoms with E-state index in [-0.39, 0.29) is 0 Å². The Hall–Kier alpha value is -2.63. The van der Waals surface area contributed by atoms with Gasteiger partial charge in [0.15, 0.2) is 0 Å². The largest absolute Gasteiger partial charge is 0.338 e. The summed E-state index contributed by atoms with van der Waals surface area (Å²) in [6, 6.07) is 11.5. The van der Waals surface area contributed by atoms with E-state index in [9.17, 15) is 0 Å². The highest BCUT2D eigenvalue weighted by atomic mass is 35.5. The lowest BCUT2D eigenvalue weighted by atomic mass is 10.2. The van der Waals surface area contributed by atoms with Crippen LogP contribution < -0.4 is 5.32 Å². The van der Waals surface area contributed by atoms with Crippen LogP contribution in [0.5, 0.6) is 0 Å². The van der Waals surface area contributed by atoms with Crippen molar-refractivity contribution in [2.45, 2.75) is 27.3 Å². The molecule has 4 rings (SSSR count). The van der Waals surface area contributed by atoms with Gasteiger partial charge in [0.2, 0.25) is 0 Å². The highest BCUT2D eigenvalue weighted by molar-refractivity contribution is 6.35. The Labute approximate surface area is 179 Å². The van der Waals surface area contributed by atoms with Crippen molar-refractivity contribution >= 4 is 45.7 Å². The molecular weight excluding hydrogens is 405 g/mol. The van der Waals surface area contributed by atoms with Gasteiger partial charge in [-0.3, -0.25) is 4.98 Å². The highest BCUT2D eigenvalue weighted by Gasteiger charge is 2.17. The van der Waals surface area contributed by atoms with Crippen LogP contribution in [0.4, 0.5) is 11.5 Å². The molecule has 0 saturated carbocycles. The van der Waals surface area contributed by atoms with Crippen LogP contribution in [0.15, 0.2) is 48.8 Å². The molecule has 0 spiro atoms. The Morgan fingerprint density at radius 3 is 2.55 bits per heavy atom. The third kappa shape index (κ3) is 4.07. The number of nitrogens with zero attached hydrogens (tertiary/aromatic N) is 4. The Kier molecular flexibility index (Phi) is 5.43. The zero-order chi connectivity index (χ0) is 20.5. The summed E-state index contributed by atoms with van der Waals surface area (Å²) in [4.78, 5) is 13.6. The molecule has 1 N–H and O–H groups in total. The second-order valence-electron chi connectivity index (χ2n) is 7.42. The van der Waals surface area contributed by atoms with Crippen LogP contribution in [0.3, 0.4) is 0 Å². The van der Waals surface area contributed by atoms with E-state index in [1.807, 2.05) is 43.3 Å². The van der Waals surface area contributed by atoms with Gasteiger partial charge in [-0.25, -0.2) is 9.97 Å². The fraction of sp³-hybridized carbons (Fsp3) is 0.227. The van der Waals surface area contributed by atoms with Gasteiger partial charge in [-0.1, -0.05) is 43.1 Å². The number of pyridine rings is 2. The van der Waals surface area contributed by atoms with Crippen LogP contribution in [-0.4, -0.2) is 19.5 Å². The molecule has 0 aliphatic carbocycles. The van der Waals surface area contributed by atoms with E-state index >= 15 is 0 Å². The fourth-order valence-corrected chi connectivity index (χ4v) is 3.72. The minimum absolute atomic E-state index is 0.431. The van der Waals surface area contributed by atoms with Crippen molar-refractivity contribution in [3.05, 3.63) is 64.5 Å². The smallest absolute Gasteiger partial charge is 0.149 e. The summed E-state index contributed by atoms with van der Waals surface area (Å²) in [6.07, 6.45) is 3.53. The predicted molar refractivity (Wildman–Crippen MR) is 120 cm³/mol. The van der Waals surface area contributed by atoms with Crippen molar-refractivity contribution < 1.29 is 0 Å². The number of fused-ring (bicyclic) bond motifs is 1. The van der Waals surface area contributed by atoms with Crippen molar-refractivity contribution in [2.24, 2.45) is 5.92 Å². The van der Waals surface area contributed by atoms with E-state index in [1.54, 1.807) is 12.4 Å². The first kappa shape index (κ1) is 19.7. The number of rotatable bonds is 5. The summed E-state index contributed by atoms with van der Waals surface area (Å²) in [5, 5.41) is 4.40. The Bertz CT molecular complexity index is 1170. The van der Waals surface area contributed by atoms with Gasteiger partial charge in [0, 0.05) is 24.0 Å². The summed E-state index contributed by atoms with van der Waals surface area (Å²) >= 11 is 13.0. The summed E-state index contributed by atoms with van der Waals surface area (Å²) in [7, 11) is 0. The molecule has 7 heteroatoms. The zero-order valence-corrected chi connectivity index (χ0v) is 18.0. The first-order chi connectivity index (χ1) is 13.9. The molecule has 0 saturated heterocycles. The van der Waals surface area contributed by atoms with Gasteiger partial charge >= 0.3 is 0 Å². The van der Waals surface area contributed by atoms with Gasteiger partial charge in [-0.05, 0) is 43.2 Å². The summed E-state index contributed by atoms with van der Waals surface area (Å²) in [6.45, 7) is 7.07. The lowest BCUT2D eigenvalue weighted by molar-refractivity contribution is 0.536. The van der Waals surface area contributed by atoms with Crippen LogP contribution in [0.1, 0.15) is 19.5 Å². The second-order valence-corrected chi connectivity index (χ2v) is 8.23. The summed E-state index contributed by atoms with van der Waals surface area (Å²) < 4.78 is 2.15. The van der Waals surface area contributed by atoms with Crippen LogP contribution in [0.25, 0.3) is 22.4 Å². The Balaban J connectivity index is 1.75. The molecule has 148 valence electrons. The summed E-state index contributed by atoms with van der Waals surface area (Å²) in [5.41, 5.74) is 4.42. The molecule has 4 aromatic rings. The van der Waals surface area contributed by atoms with Crippen LogP contribution in [0, 0.1) is 12.8 Å². The number of aryl methyl sites for hydroxylation is 1. The molecule has 3 heterocycles. The monoisotopic (exact) mass is 425 g/mol. The molecule has 0 atom stereocenters. The van der Waals surface area contributed by atoms with Crippen molar-refractivity contribution in [1.29, 1.82) is 0 Å². The molecule has 0 amide bonds. The molecule has 0 unspecified atom stereocenters. The first-order valence-corrected chi connectivity index (χ1v) is 10.2. The summed E-state index contributed by atoms with van der Waals surface area (Å²) in [5.74, 6) is 1.81. The molecule has 0 fully saturated rings. The van der Waals surface area contributed by atoms with E-state index in [0.717, 1.165) is 40.3 Å². The van der Waals surface area contributed by atoms with Crippen molar-refractivity contribution in [1.82, 2.24) is 19.5 Å².